The number of fused-ring (bicyclic) bond motifs is 3. The number of halogens is 2. The molecule has 2 aromatic carbocycles. The van der Waals surface area contributed by atoms with Crippen LogP contribution in [-0.2, 0) is 20.7 Å². The summed E-state index contributed by atoms with van der Waals surface area (Å²) in [5.74, 6) is -0.655. The first-order chi connectivity index (χ1) is 20.9. The van der Waals surface area contributed by atoms with E-state index in [4.69, 9.17) is 14.2 Å². The summed E-state index contributed by atoms with van der Waals surface area (Å²) in [6.07, 6.45) is 0.384. The molecule has 240 valence electrons. The number of carbonyl (C=O) groups is 2. The molecule has 3 aromatic rings. The maximum Gasteiger partial charge on any atom is 0.410 e. The van der Waals surface area contributed by atoms with Gasteiger partial charge in [-0.05, 0) is 76.8 Å². The van der Waals surface area contributed by atoms with Crippen molar-refractivity contribution in [3.63, 3.8) is 0 Å². The number of nitrogens with one attached hydrogen (secondary N) is 1. The number of benzene rings is 2. The normalized spacial score (nSPS) is 17.7. The third kappa shape index (κ3) is 7.34. The van der Waals surface area contributed by atoms with E-state index in [1.54, 1.807) is 26.8 Å². The molecule has 10 heteroatoms. The molecule has 0 bridgehead atoms. The Balaban J connectivity index is 1.69. The molecule has 1 aliphatic rings. The molecule has 4 rings (SSSR count). The average molecular weight is 614 g/mol. The molecule has 1 amide bonds. The van der Waals surface area contributed by atoms with E-state index < -0.39 is 30.3 Å². The molecular formula is C34H45F2N3O5. The quantitative estimate of drug-likeness (QED) is 0.241. The first kappa shape index (κ1) is 33.2. The SMILES string of the molecule is COC(=O)[C@H](C)CN1[C@H](c2c(F)ccc(OCCN(CCCF)C(=O)OC(C)(C)C)c2C)c2[nH]c3ccccc3c2C[C@H]1C. The number of aromatic nitrogens is 1. The van der Waals surface area contributed by atoms with Crippen LogP contribution < -0.4 is 4.74 Å². The second-order valence-corrected chi connectivity index (χ2v) is 12.6. The number of hydrogen-bond acceptors (Lipinski definition) is 6. The number of hydrogen-bond donors (Lipinski definition) is 1. The monoisotopic (exact) mass is 613 g/mol. The van der Waals surface area contributed by atoms with Crippen molar-refractivity contribution < 1.29 is 32.6 Å². The highest BCUT2D eigenvalue weighted by Crippen LogP contribution is 2.44. The molecule has 0 spiro atoms. The van der Waals surface area contributed by atoms with Gasteiger partial charge in [0.05, 0.1) is 32.3 Å². The fourth-order valence-electron chi connectivity index (χ4n) is 6.00. The summed E-state index contributed by atoms with van der Waals surface area (Å²) in [5.41, 5.74) is 3.38. The van der Waals surface area contributed by atoms with Crippen molar-refractivity contribution in [2.75, 3.05) is 40.0 Å². The first-order valence-electron chi connectivity index (χ1n) is 15.2. The second kappa shape index (κ2) is 14.0. The number of carbonyl (C=O) groups excluding carboxylic acids is 2. The number of rotatable bonds is 11. The van der Waals surface area contributed by atoms with Crippen LogP contribution in [0.4, 0.5) is 13.6 Å². The van der Waals surface area contributed by atoms with Gasteiger partial charge >= 0.3 is 12.1 Å². The molecule has 3 atom stereocenters. The summed E-state index contributed by atoms with van der Waals surface area (Å²) >= 11 is 0. The predicted octanol–water partition coefficient (Wildman–Crippen LogP) is 6.74. The van der Waals surface area contributed by atoms with Crippen LogP contribution in [0.15, 0.2) is 36.4 Å². The first-order valence-corrected chi connectivity index (χ1v) is 15.2. The predicted molar refractivity (Wildman–Crippen MR) is 166 cm³/mol. The zero-order chi connectivity index (χ0) is 32.2. The number of H-pyrrole nitrogens is 1. The van der Waals surface area contributed by atoms with Crippen LogP contribution >= 0.6 is 0 Å². The van der Waals surface area contributed by atoms with Gasteiger partial charge in [-0.2, -0.15) is 0 Å². The second-order valence-electron chi connectivity index (χ2n) is 12.6. The van der Waals surface area contributed by atoms with E-state index in [-0.39, 0.29) is 43.9 Å². The topological polar surface area (TPSA) is 84.1 Å². The largest absolute Gasteiger partial charge is 0.491 e. The summed E-state index contributed by atoms with van der Waals surface area (Å²) < 4.78 is 45.6. The maximum atomic E-state index is 16.0. The number of para-hydroxylation sites is 1. The summed E-state index contributed by atoms with van der Waals surface area (Å²) in [6, 6.07) is 10.5. The van der Waals surface area contributed by atoms with Gasteiger partial charge in [0.15, 0.2) is 0 Å². The van der Waals surface area contributed by atoms with Crippen molar-refractivity contribution >= 4 is 23.0 Å². The lowest BCUT2D eigenvalue weighted by Gasteiger charge is -2.42. The minimum absolute atomic E-state index is 0.0000723. The molecule has 2 heterocycles. The third-order valence-corrected chi connectivity index (χ3v) is 8.12. The summed E-state index contributed by atoms with van der Waals surface area (Å²) in [7, 11) is 1.37. The third-order valence-electron chi connectivity index (χ3n) is 8.12. The van der Waals surface area contributed by atoms with Crippen LogP contribution in [0.5, 0.6) is 5.75 Å². The van der Waals surface area contributed by atoms with E-state index in [9.17, 15) is 14.0 Å². The number of aromatic amines is 1. The van der Waals surface area contributed by atoms with Gasteiger partial charge in [0.2, 0.25) is 0 Å². The number of amides is 1. The van der Waals surface area contributed by atoms with E-state index in [0.29, 0.717) is 23.4 Å². The smallest absolute Gasteiger partial charge is 0.410 e. The number of nitrogens with zero attached hydrogens (tertiary/aromatic N) is 2. The van der Waals surface area contributed by atoms with Crippen LogP contribution in [0.2, 0.25) is 0 Å². The van der Waals surface area contributed by atoms with Gasteiger partial charge in [-0.15, -0.1) is 0 Å². The van der Waals surface area contributed by atoms with E-state index in [0.717, 1.165) is 28.6 Å². The molecule has 0 saturated carbocycles. The number of methoxy groups -OCH3 is 1. The van der Waals surface area contributed by atoms with Crippen molar-refractivity contribution in [3.05, 3.63) is 64.6 Å². The molecule has 0 radical (unpaired) electrons. The lowest BCUT2D eigenvalue weighted by atomic mass is 9.86. The fraction of sp³-hybridized carbons (Fsp3) is 0.529. The number of esters is 1. The van der Waals surface area contributed by atoms with Crippen molar-refractivity contribution in [1.29, 1.82) is 0 Å². The van der Waals surface area contributed by atoms with E-state index >= 15 is 4.39 Å². The summed E-state index contributed by atoms with van der Waals surface area (Å²) in [4.78, 5) is 32.3. The van der Waals surface area contributed by atoms with Crippen molar-refractivity contribution in [1.82, 2.24) is 14.8 Å². The average Bonchev–Trinajstić information content (AvgIpc) is 3.33. The Labute approximate surface area is 258 Å². The summed E-state index contributed by atoms with van der Waals surface area (Å²) in [6.45, 7) is 11.4. The molecule has 0 fully saturated rings. The Hall–Kier alpha value is -3.66. The molecule has 0 saturated heterocycles. The van der Waals surface area contributed by atoms with Gasteiger partial charge in [0.1, 0.15) is 23.8 Å². The Morgan fingerprint density at radius 2 is 1.89 bits per heavy atom. The van der Waals surface area contributed by atoms with Gasteiger partial charge in [-0.3, -0.25) is 14.1 Å². The lowest BCUT2D eigenvalue weighted by Crippen LogP contribution is -2.46. The summed E-state index contributed by atoms with van der Waals surface area (Å²) in [5, 5.41) is 1.10. The Bertz CT molecular complexity index is 1470. The molecule has 44 heavy (non-hydrogen) atoms. The standard InChI is InChI=1S/C34H45F2N3O5/c1-21(32(40)42-7)20-39-22(2)19-25-24-11-8-9-12-27(24)37-30(25)31(39)29-23(3)28(14-13-26(29)36)43-18-17-38(16-10-15-35)33(41)44-34(4,5)6/h8-9,11-14,21-22,31,37H,10,15-20H2,1-7H3/t21-,22-,31-/m1/s1. The van der Waals surface area contributed by atoms with Crippen LogP contribution in [0.1, 0.15) is 69.5 Å². The Morgan fingerprint density at radius 1 is 1.16 bits per heavy atom. The highest BCUT2D eigenvalue weighted by Gasteiger charge is 2.39. The Kier molecular flexibility index (Phi) is 10.6. The van der Waals surface area contributed by atoms with Crippen molar-refractivity contribution in [2.45, 2.75) is 72.1 Å². The molecular weight excluding hydrogens is 568 g/mol. The van der Waals surface area contributed by atoms with Crippen molar-refractivity contribution in [2.24, 2.45) is 5.92 Å². The zero-order valence-corrected chi connectivity index (χ0v) is 26.8. The lowest BCUT2D eigenvalue weighted by molar-refractivity contribution is -0.145. The highest BCUT2D eigenvalue weighted by molar-refractivity contribution is 5.85. The van der Waals surface area contributed by atoms with Gasteiger partial charge < -0.3 is 24.1 Å². The van der Waals surface area contributed by atoms with E-state index in [1.807, 2.05) is 32.0 Å². The highest BCUT2D eigenvalue weighted by atomic mass is 19.1. The van der Waals surface area contributed by atoms with Crippen LogP contribution in [0.3, 0.4) is 0 Å². The molecule has 8 nitrogen and oxygen atoms in total. The van der Waals surface area contributed by atoms with Gasteiger partial charge in [-0.25, -0.2) is 9.18 Å². The fourth-order valence-corrected chi connectivity index (χ4v) is 6.00. The Morgan fingerprint density at radius 3 is 2.57 bits per heavy atom. The molecule has 1 aromatic heterocycles. The number of alkyl halides is 1. The molecule has 1 aliphatic heterocycles. The van der Waals surface area contributed by atoms with Gasteiger partial charge in [0, 0.05) is 41.3 Å². The van der Waals surface area contributed by atoms with Crippen molar-refractivity contribution in [3.8, 4) is 5.75 Å². The molecule has 1 N–H and O–H groups in total. The van der Waals surface area contributed by atoms with E-state index in [1.165, 1.54) is 18.1 Å². The molecule has 0 aliphatic carbocycles. The minimum Gasteiger partial charge on any atom is -0.491 e. The van der Waals surface area contributed by atoms with Gasteiger partial charge in [-0.1, -0.05) is 25.1 Å². The van der Waals surface area contributed by atoms with Crippen LogP contribution in [0, 0.1) is 18.7 Å². The molecule has 0 unspecified atom stereocenters. The zero-order valence-electron chi connectivity index (χ0n) is 26.8. The van der Waals surface area contributed by atoms with Gasteiger partial charge in [0.25, 0.3) is 0 Å². The maximum absolute atomic E-state index is 16.0. The number of ether oxygens (including phenoxy) is 3. The minimum atomic E-state index is -0.690. The van der Waals surface area contributed by atoms with E-state index in [2.05, 4.69) is 22.9 Å². The van der Waals surface area contributed by atoms with Crippen LogP contribution in [-0.4, -0.2) is 78.5 Å². The van der Waals surface area contributed by atoms with Crippen LogP contribution in [0.25, 0.3) is 10.9 Å².